The van der Waals surface area contributed by atoms with Gasteiger partial charge < -0.3 is 9.30 Å². The summed E-state index contributed by atoms with van der Waals surface area (Å²) in [6.45, 7) is 4.65. The molecule has 0 unspecified atom stereocenters. The van der Waals surface area contributed by atoms with Crippen molar-refractivity contribution in [3.63, 3.8) is 0 Å². The number of fused-ring (bicyclic) bond motifs is 3. The second-order valence-electron chi connectivity index (χ2n) is 6.94. The smallest absolute Gasteiger partial charge is 0.328 e. The number of hydrogen-bond donors (Lipinski definition) is 0. The van der Waals surface area contributed by atoms with Gasteiger partial charge in [-0.25, -0.2) is 4.68 Å². The molecule has 0 radical (unpaired) electrons. The molecule has 0 spiro atoms. The molecule has 4 rings (SSSR count). The van der Waals surface area contributed by atoms with Crippen molar-refractivity contribution in [2.24, 2.45) is 0 Å². The van der Waals surface area contributed by atoms with E-state index in [-0.39, 0.29) is 24.2 Å². The third kappa shape index (κ3) is 2.94. The molecule has 26 heavy (non-hydrogen) atoms. The van der Waals surface area contributed by atoms with Crippen LogP contribution in [0, 0.1) is 6.92 Å². The van der Waals surface area contributed by atoms with Crippen LogP contribution in [0.4, 0.5) is 0 Å². The fourth-order valence-electron chi connectivity index (χ4n) is 3.89. The number of ether oxygens (including phenoxy) is 1. The summed E-state index contributed by atoms with van der Waals surface area (Å²) in [6.07, 6.45) is 6.93. The van der Waals surface area contributed by atoms with Crippen LogP contribution in [0.5, 0.6) is 0 Å². The molecule has 0 N–H and O–H groups in total. The summed E-state index contributed by atoms with van der Waals surface area (Å²) in [4.78, 5) is 26.4. The second-order valence-corrected chi connectivity index (χ2v) is 8.19. The Labute approximate surface area is 155 Å². The quantitative estimate of drug-likeness (QED) is 0.655. The standard InChI is InChI=1S/C19H23N3O3S/c1-3-21-15-9-12(2)26-18(15)14-10-20-22(19(24)17(14)21)11-16(23)25-13-7-5-4-6-8-13/h9-10,13H,3-8,11H2,1-2H3. The highest BCUT2D eigenvalue weighted by Gasteiger charge is 2.21. The normalized spacial score (nSPS) is 15.8. The van der Waals surface area contributed by atoms with Gasteiger partial charge in [-0.3, -0.25) is 9.59 Å². The molecule has 1 saturated carbocycles. The zero-order chi connectivity index (χ0) is 18.3. The SMILES string of the molecule is CCn1c2cc(C)sc2c2cnn(CC(=O)OC3CCCCC3)c(=O)c21. The molecule has 0 atom stereocenters. The van der Waals surface area contributed by atoms with Crippen LogP contribution in [0.1, 0.15) is 43.9 Å². The number of aromatic nitrogens is 3. The van der Waals surface area contributed by atoms with Crippen molar-refractivity contribution in [2.45, 2.75) is 65.1 Å². The first kappa shape index (κ1) is 17.3. The van der Waals surface area contributed by atoms with Gasteiger partial charge in [0.05, 0.1) is 16.4 Å². The lowest BCUT2D eigenvalue weighted by molar-refractivity contribution is -0.151. The minimum Gasteiger partial charge on any atom is -0.461 e. The number of hydrogen-bond acceptors (Lipinski definition) is 5. The Bertz CT molecular complexity index is 1020. The average Bonchev–Trinajstić information content (AvgIpc) is 3.13. The van der Waals surface area contributed by atoms with Crippen molar-refractivity contribution in [1.82, 2.24) is 14.3 Å². The summed E-state index contributed by atoms with van der Waals surface area (Å²) < 4.78 is 9.87. The fraction of sp³-hybridized carbons (Fsp3) is 0.526. The van der Waals surface area contributed by atoms with Gasteiger partial charge in [-0.2, -0.15) is 5.10 Å². The van der Waals surface area contributed by atoms with E-state index in [0.717, 1.165) is 41.3 Å². The van der Waals surface area contributed by atoms with Crippen molar-refractivity contribution < 1.29 is 9.53 Å². The molecule has 1 fully saturated rings. The van der Waals surface area contributed by atoms with Crippen LogP contribution in [0.15, 0.2) is 17.1 Å². The van der Waals surface area contributed by atoms with E-state index in [4.69, 9.17) is 4.74 Å². The number of esters is 1. The lowest BCUT2D eigenvalue weighted by Gasteiger charge is -2.21. The maximum absolute atomic E-state index is 13.0. The van der Waals surface area contributed by atoms with E-state index < -0.39 is 0 Å². The van der Waals surface area contributed by atoms with Crippen LogP contribution < -0.4 is 5.56 Å². The van der Waals surface area contributed by atoms with E-state index in [1.165, 1.54) is 16.0 Å². The summed E-state index contributed by atoms with van der Waals surface area (Å²) in [7, 11) is 0. The number of rotatable bonds is 4. The maximum Gasteiger partial charge on any atom is 0.328 e. The first-order valence-corrected chi connectivity index (χ1v) is 10.1. The van der Waals surface area contributed by atoms with Gasteiger partial charge in [0.25, 0.3) is 5.56 Å². The molecule has 1 aliphatic carbocycles. The van der Waals surface area contributed by atoms with Crippen LogP contribution in [0.3, 0.4) is 0 Å². The topological polar surface area (TPSA) is 66.1 Å². The number of thiophene rings is 1. The first-order chi connectivity index (χ1) is 12.6. The highest BCUT2D eigenvalue weighted by Crippen LogP contribution is 2.33. The molecule has 3 heterocycles. The highest BCUT2D eigenvalue weighted by atomic mass is 32.1. The van der Waals surface area contributed by atoms with Gasteiger partial charge in [-0.15, -0.1) is 11.3 Å². The van der Waals surface area contributed by atoms with Crippen LogP contribution >= 0.6 is 11.3 Å². The average molecular weight is 373 g/mol. The van der Waals surface area contributed by atoms with Gasteiger partial charge in [-0.05, 0) is 45.6 Å². The summed E-state index contributed by atoms with van der Waals surface area (Å²) in [5.41, 5.74) is 1.45. The molecule has 0 bridgehead atoms. The van der Waals surface area contributed by atoms with E-state index in [0.29, 0.717) is 12.1 Å². The predicted molar refractivity (Wildman–Crippen MR) is 103 cm³/mol. The predicted octanol–water partition coefficient (Wildman–Crippen LogP) is 3.62. The summed E-state index contributed by atoms with van der Waals surface area (Å²) in [5, 5.41) is 5.11. The molecule has 138 valence electrons. The van der Waals surface area contributed by atoms with Crippen LogP contribution in [-0.4, -0.2) is 26.4 Å². The Morgan fingerprint density at radius 3 is 2.85 bits per heavy atom. The second kappa shape index (κ2) is 6.87. The lowest BCUT2D eigenvalue weighted by Crippen LogP contribution is -2.30. The Hall–Kier alpha value is -2.15. The molecular weight excluding hydrogens is 350 g/mol. The maximum atomic E-state index is 13.0. The van der Waals surface area contributed by atoms with E-state index in [2.05, 4.69) is 18.1 Å². The molecule has 3 aromatic heterocycles. The summed E-state index contributed by atoms with van der Waals surface area (Å²) in [6, 6.07) is 2.10. The van der Waals surface area contributed by atoms with Crippen LogP contribution in [-0.2, 0) is 22.6 Å². The fourth-order valence-corrected chi connectivity index (χ4v) is 4.92. The number of carbonyl (C=O) groups excluding carboxylic acids is 1. The highest BCUT2D eigenvalue weighted by molar-refractivity contribution is 7.20. The molecule has 0 amide bonds. The lowest BCUT2D eigenvalue weighted by atomic mass is 9.98. The van der Waals surface area contributed by atoms with Crippen LogP contribution in [0.2, 0.25) is 0 Å². The minimum absolute atomic E-state index is 0.0106. The Balaban J connectivity index is 1.67. The van der Waals surface area contributed by atoms with Crippen molar-refractivity contribution >= 4 is 38.4 Å². The summed E-state index contributed by atoms with van der Waals surface area (Å²) in [5.74, 6) is -0.377. The van der Waals surface area contributed by atoms with E-state index in [9.17, 15) is 9.59 Å². The van der Waals surface area contributed by atoms with Gasteiger partial charge in [-0.1, -0.05) is 6.42 Å². The zero-order valence-electron chi connectivity index (χ0n) is 15.2. The number of aryl methyl sites for hydroxylation is 2. The van der Waals surface area contributed by atoms with E-state index in [1.807, 2.05) is 11.5 Å². The van der Waals surface area contributed by atoms with Gasteiger partial charge in [0, 0.05) is 16.8 Å². The molecule has 0 aliphatic heterocycles. The molecular formula is C19H23N3O3S. The largest absolute Gasteiger partial charge is 0.461 e. The Morgan fingerprint density at radius 2 is 2.12 bits per heavy atom. The van der Waals surface area contributed by atoms with Crippen molar-refractivity contribution in [1.29, 1.82) is 0 Å². The Kier molecular flexibility index (Phi) is 4.56. The van der Waals surface area contributed by atoms with Gasteiger partial charge in [0.2, 0.25) is 0 Å². The molecule has 1 aliphatic rings. The van der Waals surface area contributed by atoms with Gasteiger partial charge in [0.15, 0.2) is 0 Å². The van der Waals surface area contributed by atoms with Crippen LogP contribution in [0.25, 0.3) is 21.1 Å². The molecule has 3 aromatic rings. The summed E-state index contributed by atoms with van der Waals surface area (Å²) >= 11 is 1.67. The van der Waals surface area contributed by atoms with Gasteiger partial charge in [0.1, 0.15) is 18.2 Å². The van der Waals surface area contributed by atoms with Crippen molar-refractivity contribution in [3.8, 4) is 0 Å². The monoisotopic (exact) mass is 373 g/mol. The number of carbonyl (C=O) groups is 1. The van der Waals surface area contributed by atoms with Crippen molar-refractivity contribution in [3.05, 3.63) is 27.5 Å². The number of nitrogens with zero attached hydrogens (tertiary/aromatic N) is 3. The molecule has 6 nitrogen and oxygen atoms in total. The van der Waals surface area contributed by atoms with Gasteiger partial charge >= 0.3 is 5.97 Å². The third-order valence-electron chi connectivity index (χ3n) is 5.10. The van der Waals surface area contributed by atoms with E-state index in [1.54, 1.807) is 17.5 Å². The minimum atomic E-state index is -0.377. The zero-order valence-corrected chi connectivity index (χ0v) is 16.0. The third-order valence-corrected chi connectivity index (χ3v) is 6.18. The Morgan fingerprint density at radius 1 is 1.35 bits per heavy atom. The first-order valence-electron chi connectivity index (χ1n) is 9.26. The van der Waals surface area contributed by atoms with E-state index >= 15 is 0 Å². The molecule has 7 heteroatoms. The molecule has 0 aromatic carbocycles. The van der Waals surface area contributed by atoms with Crippen molar-refractivity contribution in [2.75, 3.05) is 0 Å². The molecule has 0 saturated heterocycles.